The van der Waals surface area contributed by atoms with Crippen LogP contribution < -0.4 is 0 Å². The second-order valence-electron chi connectivity index (χ2n) is 4.14. The van der Waals surface area contributed by atoms with E-state index in [4.69, 9.17) is 10.00 Å². The zero-order chi connectivity index (χ0) is 15.2. The van der Waals surface area contributed by atoms with Crippen molar-refractivity contribution in [1.82, 2.24) is 4.57 Å². The van der Waals surface area contributed by atoms with Crippen LogP contribution >= 0.6 is 0 Å². The van der Waals surface area contributed by atoms with Crippen molar-refractivity contribution in [3.05, 3.63) is 53.6 Å². The third kappa shape index (κ3) is 3.42. The Morgan fingerprint density at radius 3 is 2.38 bits per heavy atom. The molecule has 6 nitrogen and oxygen atoms in total. The van der Waals surface area contributed by atoms with Crippen LogP contribution in [0.5, 0.6) is 11.8 Å². The number of hydrogen-bond acceptors (Lipinski definition) is 5. The van der Waals surface area contributed by atoms with E-state index < -0.39 is 5.97 Å². The number of aromatic nitrogens is 1. The summed E-state index contributed by atoms with van der Waals surface area (Å²) < 4.78 is 5.91. The van der Waals surface area contributed by atoms with Crippen LogP contribution in [0.3, 0.4) is 0 Å². The first kappa shape index (κ1) is 14.2. The van der Waals surface area contributed by atoms with Crippen LogP contribution in [0, 0.1) is 11.3 Å². The lowest BCUT2D eigenvalue weighted by Gasteiger charge is -2.05. The number of benzene rings is 1. The summed E-state index contributed by atoms with van der Waals surface area (Å²) >= 11 is 0. The van der Waals surface area contributed by atoms with Gasteiger partial charge in [0.05, 0.1) is 0 Å². The van der Waals surface area contributed by atoms with Crippen molar-refractivity contribution in [1.29, 1.82) is 5.26 Å². The summed E-state index contributed by atoms with van der Waals surface area (Å²) in [5.74, 6) is -1.43. The molecule has 0 aliphatic heterocycles. The fourth-order valence-electron chi connectivity index (χ4n) is 1.62. The average Bonchev–Trinajstić information content (AvgIpc) is 2.82. The molecule has 0 bridgehead atoms. The van der Waals surface area contributed by atoms with Crippen LogP contribution in [0.1, 0.15) is 5.56 Å². The molecule has 0 fully saturated rings. The van der Waals surface area contributed by atoms with Gasteiger partial charge in [0.1, 0.15) is 12.7 Å². The molecular weight excluding hydrogens is 272 g/mol. The maximum atomic E-state index is 11.8. The fraction of sp³-hybridized carbons (Fsp3) is 0.0667. The Labute approximate surface area is 120 Å². The predicted molar refractivity (Wildman–Crippen MR) is 73.9 cm³/mol. The summed E-state index contributed by atoms with van der Waals surface area (Å²) in [5.41, 5.74) is 0.447. The van der Waals surface area contributed by atoms with E-state index in [2.05, 4.69) is 0 Å². The molecule has 2 N–H and O–H groups in total. The Bertz CT molecular complexity index is 692. The highest BCUT2D eigenvalue weighted by Crippen LogP contribution is 2.22. The van der Waals surface area contributed by atoms with Gasteiger partial charge in [-0.1, -0.05) is 30.3 Å². The Morgan fingerprint density at radius 1 is 1.19 bits per heavy atom. The molecule has 0 atom stereocenters. The summed E-state index contributed by atoms with van der Waals surface area (Å²) in [6.07, 6.45) is 1.01. The van der Waals surface area contributed by atoms with Crippen molar-refractivity contribution in [2.24, 2.45) is 0 Å². The third-order valence-electron chi connectivity index (χ3n) is 2.69. The van der Waals surface area contributed by atoms with Gasteiger partial charge in [-0.05, 0) is 5.56 Å². The molecule has 0 radical (unpaired) electrons. The minimum Gasteiger partial charge on any atom is -0.494 e. The van der Waals surface area contributed by atoms with Crippen molar-refractivity contribution in [2.75, 3.05) is 0 Å². The lowest BCUT2D eigenvalue weighted by molar-refractivity contribution is -0.139. The smallest absolute Gasteiger partial charge is 0.350 e. The second kappa shape index (κ2) is 6.30. The zero-order valence-electron chi connectivity index (χ0n) is 10.9. The number of rotatable bonds is 4. The van der Waals surface area contributed by atoms with E-state index in [9.17, 15) is 15.0 Å². The molecule has 2 rings (SSSR count). The molecule has 0 saturated carbocycles. The summed E-state index contributed by atoms with van der Waals surface area (Å²) in [6.45, 7) is 0.0301. The zero-order valence-corrected chi connectivity index (χ0v) is 10.9. The quantitative estimate of drug-likeness (QED) is 0.508. The largest absolute Gasteiger partial charge is 0.494 e. The lowest BCUT2D eigenvalue weighted by Crippen LogP contribution is -2.07. The highest BCUT2D eigenvalue weighted by molar-refractivity contribution is 5.96. The first-order valence-corrected chi connectivity index (χ1v) is 6.04. The number of carbonyl (C=O) groups excluding carboxylic acids is 1. The number of ether oxygens (including phenoxy) is 1. The van der Waals surface area contributed by atoms with Gasteiger partial charge in [0.2, 0.25) is 0 Å². The Balaban J connectivity index is 2.11. The molecule has 1 aromatic heterocycles. The third-order valence-corrected chi connectivity index (χ3v) is 2.69. The number of hydrogen-bond donors (Lipinski definition) is 2. The van der Waals surface area contributed by atoms with Crippen molar-refractivity contribution in [3.8, 4) is 17.8 Å². The van der Waals surface area contributed by atoms with Crippen molar-refractivity contribution in [2.45, 2.75) is 6.61 Å². The molecule has 1 aromatic carbocycles. The number of carbonyl (C=O) groups is 1. The van der Waals surface area contributed by atoms with Gasteiger partial charge in [-0.3, -0.25) is 4.57 Å². The van der Waals surface area contributed by atoms with Crippen LogP contribution in [-0.4, -0.2) is 20.7 Å². The minimum atomic E-state index is -0.839. The molecule has 1 heterocycles. The molecule has 0 amide bonds. The Morgan fingerprint density at radius 2 is 1.81 bits per heavy atom. The van der Waals surface area contributed by atoms with E-state index in [1.54, 1.807) is 30.3 Å². The molecule has 6 heteroatoms. The Hall–Kier alpha value is -3.20. The topological polar surface area (TPSA) is 95.5 Å². The van der Waals surface area contributed by atoms with Gasteiger partial charge in [-0.25, -0.2) is 4.79 Å². The van der Waals surface area contributed by atoms with Gasteiger partial charge in [-0.2, -0.15) is 5.26 Å². The number of nitrogens with zero attached hydrogens (tertiary/aromatic N) is 2. The summed E-state index contributed by atoms with van der Waals surface area (Å²) in [4.78, 5) is 11.8. The van der Waals surface area contributed by atoms with Crippen LogP contribution in [0.4, 0.5) is 0 Å². The maximum absolute atomic E-state index is 11.8. The second-order valence-corrected chi connectivity index (χ2v) is 4.14. The highest BCUT2D eigenvalue weighted by Gasteiger charge is 2.13. The molecule has 0 saturated heterocycles. The van der Waals surface area contributed by atoms with Crippen LogP contribution in [-0.2, 0) is 16.1 Å². The van der Waals surface area contributed by atoms with E-state index in [1.165, 1.54) is 12.1 Å². The number of esters is 1. The summed E-state index contributed by atoms with van der Waals surface area (Å²) in [6, 6.07) is 13.2. The van der Waals surface area contributed by atoms with E-state index >= 15 is 0 Å². The minimum absolute atomic E-state index is 0.0301. The van der Waals surface area contributed by atoms with Gasteiger partial charge in [0.25, 0.3) is 0 Å². The van der Waals surface area contributed by atoms with Gasteiger partial charge in [0.15, 0.2) is 17.3 Å². The Kier molecular flexibility index (Phi) is 4.26. The van der Waals surface area contributed by atoms with Crippen molar-refractivity contribution >= 4 is 12.2 Å². The van der Waals surface area contributed by atoms with E-state index in [-0.39, 0.29) is 23.9 Å². The molecule has 2 aromatic rings. The first-order valence-electron chi connectivity index (χ1n) is 6.04. The summed E-state index contributed by atoms with van der Waals surface area (Å²) in [7, 11) is 0. The number of aromatic hydroxyl groups is 2. The van der Waals surface area contributed by atoms with Gasteiger partial charge < -0.3 is 14.9 Å². The van der Waals surface area contributed by atoms with Crippen LogP contribution in [0.2, 0.25) is 0 Å². The van der Waals surface area contributed by atoms with Gasteiger partial charge in [-0.15, -0.1) is 0 Å². The fourth-order valence-corrected chi connectivity index (χ4v) is 1.62. The van der Waals surface area contributed by atoms with Gasteiger partial charge >= 0.3 is 5.97 Å². The maximum Gasteiger partial charge on any atom is 0.350 e. The lowest BCUT2D eigenvalue weighted by atomic mass is 10.2. The predicted octanol–water partition coefficient (Wildman–Crippen LogP) is 2.01. The number of nitriles is 1. The van der Waals surface area contributed by atoms with Crippen molar-refractivity contribution < 1.29 is 19.7 Å². The monoisotopic (exact) mass is 284 g/mol. The highest BCUT2D eigenvalue weighted by atomic mass is 16.5. The normalized spacial score (nSPS) is 10.9. The SMILES string of the molecule is N#CC(=Cn1c(O)ccc1O)C(=O)OCc1ccccc1. The van der Waals surface area contributed by atoms with E-state index in [0.717, 1.165) is 16.3 Å². The molecule has 0 unspecified atom stereocenters. The van der Waals surface area contributed by atoms with Crippen LogP contribution in [0.25, 0.3) is 6.20 Å². The van der Waals surface area contributed by atoms with Crippen molar-refractivity contribution in [3.63, 3.8) is 0 Å². The average molecular weight is 284 g/mol. The molecule has 0 spiro atoms. The van der Waals surface area contributed by atoms with E-state index in [1.807, 2.05) is 6.07 Å². The first-order chi connectivity index (χ1) is 10.1. The van der Waals surface area contributed by atoms with Gasteiger partial charge in [0, 0.05) is 18.3 Å². The molecule has 0 aliphatic carbocycles. The molecule has 106 valence electrons. The standard InChI is InChI=1S/C15H12N2O4/c16-8-12(9-17-13(18)6-7-14(17)19)15(20)21-10-11-4-2-1-3-5-11/h1-7,9,18-19H,10H2. The summed E-state index contributed by atoms with van der Waals surface area (Å²) in [5, 5.41) is 27.9. The molecular formula is C15H12N2O4. The molecule has 0 aliphatic rings. The molecule has 21 heavy (non-hydrogen) atoms. The van der Waals surface area contributed by atoms with Crippen LogP contribution in [0.15, 0.2) is 48.0 Å². The van der Waals surface area contributed by atoms with E-state index in [0.29, 0.717) is 0 Å².